The molecule has 1 fully saturated rings. The second-order valence-electron chi connectivity index (χ2n) is 6.62. The van der Waals surface area contributed by atoms with Crippen LogP contribution in [0.15, 0.2) is 54.6 Å². The Balaban J connectivity index is 1.59. The summed E-state index contributed by atoms with van der Waals surface area (Å²) in [5.74, 6) is 0.879. The summed E-state index contributed by atoms with van der Waals surface area (Å²) in [7, 11) is 3.40. The Labute approximate surface area is 159 Å². The minimum Gasteiger partial charge on any atom is -0.497 e. The molecule has 0 spiro atoms. The average Bonchev–Trinajstić information content (AvgIpc) is 3.12. The summed E-state index contributed by atoms with van der Waals surface area (Å²) in [6.07, 6.45) is 4.89. The van der Waals surface area contributed by atoms with Gasteiger partial charge in [0.15, 0.2) is 0 Å². The van der Waals surface area contributed by atoms with Crippen LogP contribution in [0.25, 0.3) is 6.08 Å². The Kier molecular flexibility index (Phi) is 5.91. The molecule has 27 heavy (non-hydrogen) atoms. The van der Waals surface area contributed by atoms with Crippen molar-refractivity contribution >= 4 is 23.6 Å². The van der Waals surface area contributed by atoms with Crippen LogP contribution in [0.2, 0.25) is 0 Å². The lowest BCUT2D eigenvalue weighted by Crippen LogP contribution is -2.24. The Morgan fingerprint density at radius 1 is 1.22 bits per heavy atom. The SMILES string of the molecule is COc1cccc(CN(C)C(=O)/C=C/c2ccc(N3CCCC3=O)cc2)c1. The minimum atomic E-state index is -0.0726. The summed E-state index contributed by atoms with van der Waals surface area (Å²) < 4.78 is 5.21. The highest BCUT2D eigenvalue weighted by Crippen LogP contribution is 2.22. The monoisotopic (exact) mass is 364 g/mol. The van der Waals surface area contributed by atoms with Crippen LogP contribution in [0, 0.1) is 0 Å². The van der Waals surface area contributed by atoms with Crippen molar-refractivity contribution in [2.24, 2.45) is 0 Å². The van der Waals surface area contributed by atoms with Crippen LogP contribution in [0.5, 0.6) is 5.75 Å². The van der Waals surface area contributed by atoms with Gasteiger partial charge >= 0.3 is 0 Å². The van der Waals surface area contributed by atoms with Crippen molar-refractivity contribution in [3.8, 4) is 5.75 Å². The van der Waals surface area contributed by atoms with Crippen molar-refractivity contribution in [3.63, 3.8) is 0 Å². The van der Waals surface area contributed by atoms with Crippen LogP contribution in [-0.2, 0) is 16.1 Å². The Morgan fingerprint density at radius 2 is 2.00 bits per heavy atom. The zero-order valence-corrected chi connectivity index (χ0v) is 15.7. The van der Waals surface area contributed by atoms with Gasteiger partial charge in [0.25, 0.3) is 0 Å². The van der Waals surface area contributed by atoms with Crippen molar-refractivity contribution in [1.82, 2.24) is 4.90 Å². The summed E-state index contributed by atoms with van der Waals surface area (Å²) in [6.45, 7) is 1.29. The summed E-state index contributed by atoms with van der Waals surface area (Å²) in [6, 6.07) is 15.4. The quantitative estimate of drug-likeness (QED) is 0.737. The number of benzene rings is 2. The van der Waals surface area contributed by atoms with E-state index in [4.69, 9.17) is 4.74 Å². The van der Waals surface area contributed by atoms with Crippen molar-refractivity contribution in [2.75, 3.05) is 25.6 Å². The number of carbonyl (C=O) groups excluding carboxylic acids is 2. The van der Waals surface area contributed by atoms with Gasteiger partial charge in [0.05, 0.1) is 7.11 Å². The summed E-state index contributed by atoms with van der Waals surface area (Å²) in [4.78, 5) is 27.6. The number of methoxy groups -OCH3 is 1. The van der Waals surface area contributed by atoms with Crippen molar-refractivity contribution in [1.29, 1.82) is 0 Å². The van der Waals surface area contributed by atoms with Gasteiger partial charge in [-0.05, 0) is 47.9 Å². The molecule has 5 nitrogen and oxygen atoms in total. The van der Waals surface area contributed by atoms with Crippen LogP contribution in [0.1, 0.15) is 24.0 Å². The highest BCUT2D eigenvalue weighted by atomic mass is 16.5. The van der Waals surface area contributed by atoms with Crippen LogP contribution in [0.4, 0.5) is 5.69 Å². The van der Waals surface area contributed by atoms with Gasteiger partial charge in [0.2, 0.25) is 11.8 Å². The lowest BCUT2D eigenvalue weighted by Gasteiger charge is -2.16. The fourth-order valence-corrected chi connectivity index (χ4v) is 3.10. The first-order valence-corrected chi connectivity index (χ1v) is 9.03. The van der Waals surface area contributed by atoms with Crippen molar-refractivity contribution in [3.05, 3.63) is 65.7 Å². The lowest BCUT2D eigenvalue weighted by molar-refractivity contribution is -0.125. The number of anilines is 1. The molecule has 1 saturated heterocycles. The zero-order valence-electron chi connectivity index (χ0n) is 15.7. The number of amides is 2. The van der Waals surface area contributed by atoms with E-state index in [0.29, 0.717) is 13.0 Å². The molecule has 3 rings (SSSR count). The minimum absolute atomic E-state index is 0.0726. The molecule has 5 heteroatoms. The third-order valence-corrected chi connectivity index (χ3v) is 4.63. The molecule has 0 aromatic heterocycles. The molecule has 2 amide bonds. The largest absolute Gasteiger partial charge is 0.497 e. The van der Waals surface area contributed by atoms with Gasteiger partial charge < -0.3 is 14.5 Å². The first kappa shape index (κ1) is 18.7. The number of carbonyl (C=O) groups is 2. The maximum atomic E-state index is 12.3. The number of hydrogen-bond acceptors (Lipinski definition) is 3. The van der Waals surface area contributed by atoms with Gasteiger partial charge in [-0.2, -0.15) is 0 Å². The molecular formula is C22H24N2O3. The third-order valence-electron chi connectivity index (χ3n) is 4.63. The molecule has 0 aliphatic carbocycles. The Morgan fingerprint density at radius 3 is 2.67 bits per heavy atom. The number of rotatable bonds is 6. The highest BCUT2D eigenvalue weighted by Gasteiger charge is 2.21. The van der Waals surface area contributed by atoms with E-state index in [1.807, 2.05) is 48.5 Å². The fourth-order valence-electron chi connectivity index (χ4n) is 3.10. The van der Waals surface area contributed by atoms with Crippen LogP contribution < -0.4 is 9.64 Å². The van der Waals surface area contributed by atoms with Gasteiger partial charge in [0, 0.05) is 38.3 Å². The summed E-state index contributed by atoms with van der Waals surface area (Å²) >= 11 is 0. The maximum absolute atomic E-state index is 12.3. The number of likely N-dealkylation sites (N-methyl/N-ethyl adjacent to an activating group) is 1. The first-order valence-electron chi connectivity index (χ1n) is 9.03. The summed E-state index contributed by atoms with van der Waals surface area (Å²) in [5.41, 5.74) is 2.85. The van der Waals surface area contributed by atoms with Crippen LogP contribution >= 0.6 is 0 Å². The molecule has 1 heterocycles. The number of hydrogen-bond donors (Lipinski definition) is 0. The second kappa shape index (κ2) is 8.54. The predicted octanol–water partition coefficient (Wildman–Crippen LogP) is 3.49. The normalized spacial score (nSPS) is 14.0. The van der Waals surface area contributed by atoms with Gasteiger partial charge in [-0.3, -0.25) is 9.59 Å². The molecule has 2 aromatic rings. The fraction of sp³-hybridized carbons (Fsp3) is 0.273. The zero-order chi connectivity index (χ0) is 19.2. The first-order chi connectivity index (χ1) is 13.1. The molecule has 1 aliphatic rings. The van der Waals surface area contributed by atoms with E-state index >= 15 is 0 Å². The molecule has 0 unspecified atom stereocenters. The lowest BCUT2D eigenvalue weighted by atomic mass is 10.1. The molecule has 0 atom stereocenters. The second-order valence-corrected chi connectivity index (χ2v) is 6.62. The van der Waals surface area contributed by atoms with E-state index in [2.05, 4.69) is 0 Å². The molecule has 0 saturated carbocycles. The van der Waals surface area contributed by atoms with Gasteiger partial charge in [0.1, 0.15) is 5.75 Å². The topological polar surface area (TPSA) is 49.9 Å². The molecule has 0 radical (unpaired) electrons. The van der Waals surface area contributed by atoms with E-state index < -0.39 is 0 Å². The molecule has 0 N–H and O–H groups in total. The van der Waals surface area contributed by atoms with Crippen LogP contribution in [-0.4, -0.2) is 37.4 Å². The van der Waals surface area contributed by atoms with E-state index in [0.717, 1.165) is 35.5 Å². The number of ether oxygens (including phenoxy) is 1. The van der Waals surface area contributed by atoms with Gasteiger partial charge in [-0.1, -0.05) is 24.3 Å². The maximum Gasteiger partial charge on any atom is 0.246 e. The van der Waals surface area contributed by atoms with E-state index in [-0.39, 0.29) is 11.8 Å². The van der Waals surface area contributed by atoms with Gasteiger partial charge in [-0.25, -0.2) is 0 Å². The third kappa shape index (κ3) is 4.76. The smallest absolute Gasteiger partial charge is 0.246 e. The Bertz CT molecular complexity index is 843. The number of nitrogens with zero attached hydrogens (tertiary/aromatic N) is 2. The van der Waals surface area contributed by atoms with Crippen molar-refractivity contribution in [2.45, 2.75) is 19.4 Å². The standard InChI is InChI=1S/C22H24N2O3/c1-23(16-18-5-3-6-20(15-18)27-2)21(25)13-10-17-8-11-19(12-9-17)24-14-4-7-22(24)26/h3,5-6,8-13,15H,4,7,14,16H2,1-2H3/b13-10+. The van der Waals surface area contributed by atoms with Crippen molar-refractivity contribution < 1.29 is 14.3 Å². The van der Waals surface area contributed by atoms with Crippen LogP contribution in [0.3, 0.4) is 0 Å². The average molecular weight is 364 g/mol. The molecular weight excluding hydrogens is 340 g/mol. The molecule has 2 aromatic carbocycles. The van der Waals surface area contributed by atoms with E-state index in [1.165, 1.54) is 0 Å². The Hall–Kier alpha value is -3.08. The highest BCUT2D eigenvalue weighted by molar-refractivity contribution is 5.95. The summed E-state index contributed by atoms with van der Waals surface area (Å²) in [5, 5.41) is 0. The molecule has 1 aliphatic heterocycles. The van der Waals surface area contributed by atoms with E-state index in [1.54, 1.807) is 36.1 Å². The predicted molar refractivity (Wildman–Crippen MR) is 107 cm³/mol. The molecule has 0 bridgehead atoms. The molecule has 140 valence electrons. The van der Waals surface area contributed by atoms with E-state index in [9.17, 15) is 9.59 Å². The van der Waals surface area contributed by atoms with Gasteiger partial charge in [-0.15, -0.1) is 0 Å².